The molecule has 0 saturated heterocycles. The van der Waals surface area contributed by atoms with Crippen LogP contribution in [0.3, 0.4) is 0 Å². The zero-order valence-corrected chi connectivity index (χ0v) is 12.0. The summed E-state index contributed by atoms with van der Waals surface area (Å²) in [6, 6.07) is 3.38. The summed E-state index contributed by atoms with van der Waals surface area (Å²) in [5.41, 5.74) is 0.570. The standard InChI is InChI=1S/C14H20FN3O2/c1-9-6-13(14(18(19)20)7-12(9)15)16-8-10(2)17(3)11-4-5-11/h6-7,10-11,16H,4-5,8H2,1-3H3. The van der Waals surface area contributed by atoms with Crippen LogP contribution in [-0.4, -0.2) is 35.5 Å². The van der Waals surface area contributed by atoms with Gasteiger partial charge in [0.15, 0.2) is 0 Å². The van der Waals surface area contributed by atoms with Gasteiger partial charge in [0.2, 0.25) is 0 Å². The maximum absolute atomic E-state index is 13.4. The summed E-state index contributed by atoms with van der Waals surface area (Å²) in [4.78, 5) is 12.7. The summed E-state index contributed by atoms with van der Waals surface area (Å²) in [7, 11) is 2.06. The van der Waals surface area contributed by atoms with Gasteiger partial charge in [0.05, 0.1) is 11.0 Å². The number of hydrogen-bond acceptors (Lipinski definition) is 4. The summed E-state index contributed by atoms with van der Waals surface area (Å²) in [6.07, 6.45) is 2.44. The van der Waals surface area contributed by atoms with Crippen LogP contribution in [0.4, 0.5) is 15.8 Å². The first-order valence-electron chi connectivity index (χ1n) is 6.80. The third-order valence-electron chi connectivity index (χ3n) is 3.88. The molecule has 0 bridgehead atoms. The van der Waals surface area contributed by atoms with Crippen molar-refractivity contribution in [3.05, 3.63) is 33.6 Å². The molecule has 1 aromatic carbocycles. The molecule has 5 nitrogen and oxygen atoms in total. The van der Waals surface area contributed by atoms with Crippen LogP contribution in [0.25, 0.3) is 0 Å². The van der Waals surface area contributed by atoms with Crippen molar-refractivity contribution in [1.82, 2.24) is 4.90 Å². The molecular formula is C14H20FN3O2. The summed E-state index contributed by atoms with van der Waals surface area (Å²) in [5.74, 6) is -0.551. The highest BCUT2D eigenvalue weighted by Crippen LogP contribution is 2.29. The summed E-state index contributed by atoms with van der Waals surface area (Å²) >= 11 is 0. The molecule has 1 atom stereocenters. The van der Waals surface area contributed by atoms with E-state index in [0.717, 1.165) is 6.07 Å². The maximum atomic E-state index is 13.4. The van der Waals surface area contributed by atoms with E-state index in [9.17, 15) is 14.5 Å². The Hall–Kier alpha value is -1.69. The lowest BCUT2D eigenvalue weighted by Crippen LogP contribution is -2.36. The molecule has 1 unspecified atom stereocenters. The summed E-state index contributed by atoms with van der Waals surface area (Å²) in [6.45, 7) is 4.27. The van der Waals surface area contributed by atoms with Gasteiger partial charge in [0.25, 0.3) is 5.69 Å². The van der Waals surface area contributed by atoms with Crippen molar-refractivity contribution >= 4 is 11.4 Å². The molecule has 0 spiro atoms. The predicted octanol–water partition coefficient (Wildman–Crippen LogP) is 2.94. The molecule has 1 aliphatic rings. The molecule has 0 aromatic heterocycles. The van der Waals surface area contributed by atoms with Gasteiger partial charge >= 0.3 is 0 Å². The van der Waals surface area contributed by atoms with Crippen molar-refractivity contribution in [3.8, 4) is 0 Å². The van der Waals surface area contributed by atoms with E-state index >= 15 is 0 Å². The highest BCUT2D eigenvalue weighted by molar-refractivity contribution is 5.63. The normalized spacial score (nSPS) is 16.2. The lowest BCUT2D eigenvalue weighted by atomic mass is 10.1. The number of benzene rings is 1. The average Bonchev–Trinajstić information content (AvgIpc) is 3.22. The van der Waals surface area contributed by atoms with Crippen LogP contribution in [0.1, 0.15) is 25.3 Å². The monoisotopic (exact) mass is 281 g/mol. The Bertz CT molecular complexity index is 517. The molecule has 0 radical (unpaired) electrons. The minimum Gasteiger partial charge on any atom is -0.378 e. The number of nitrogens with one attached hydrogen (secondary N) is 1. The molecule has 1 saturated carbocycles. The second-order valence-corrected chi connectivity index (χ2v) is 5.50. The van der Waals surface area contributed by atoms with E-state index in [1.165, 1.54) is 18.9 Å². The fourth-order valence-corrected chi connectivity index (χ4v) is 2.21. The fraction of sp³-hybridized carbons (Fsp3) is 0.571. The first kappa shape index (κ1) is 14.7. The largest absolute Gasteiger partial charge is 0.378 e. The predicted molar refractivity (Wildman–Crippen MR) is 76.5 cm³/mol. The van der Waals surface area contributed by atoms with Crippen LogP contribution in [0.15, 0.2) is 12.1 Å². The maximum Gasteiger partial charge on any atom is 0.295 e. The van der Waals surface area contributed by atoms with Crippen LogP contribution < -0.4 is 5.32 Å². The molecule has 1 fully saturated rings. The van der Waals surface area contributed by atoms with Gasteiger partial charge in [0, 0.05) is 18.6 Å². The highest BCUT2D eigenvalue weighted by atomic mass is 19.1. The average molecular weight is 281 g/mol. The lowest BCUT2D eigenvalue weighted by molar-refractivity contribution is -0.384. The van der Waals surface area contributed by atoms with E-state index in [1.54, 1.807) is 6.92 Å². The van der Waals surface area contributed by atoms with E-state index in [2.05, 4.69) is 24.2 Å². The molecule has 1 N–H and O–H groups in total. The van der Waals surface area contributed by atoms with E-state index in [4.69, 9.17) is 0 Å². The Morgan fingerprint density at radius 3 is 2.75 bits per heavy atom. The molecule has 1 aromatic rings. The molecule has 0 heterocycles. The van der Waals surface area contributed by atoms with Crippen molar-refractivity contribution in [2.75, 3.05) is 18.9 Å². The number of nitrogens with zero attached hydrogens (tertiary/aromatic N) is 2. The highest BCUT2D eigenvalue weighted by Gasteiger charge is 2.29. The third-order valence-corrected chi connectivity index (χ3v) is 3.88. The topological polar surface area (TPSA) is 58.4 Å². The second kappa shape index (κ2) is 5.75. The SMILES string of the molecule is Cc1cc(NCC(C)N(C)C2CC2)c([N+](=O)[O-])cc1F. The smallest absolute Gasteiger partial charge is 0.295 e. The van der Waals surface area contributed by atoms with E-state index in [0.29, 0.717) is 23.8 Å². The van der Waals surface area contributed by atoms with Crippen LogP contribution in [0.2, 0.25) is 0 Å². The third kappa shape index (κ3) is 3.25. The second-order valence-electron chi connectivity index (χ2n) is 5.50. The fourth-order valence-electron chi connectivity index (χ4n) is 2.21. The zero-order chi connectivity index (χ0) is 14.9. The van der Waals surface area contributed by atoms with Gasteiger partial charge in [-0.2, -0.15) is 0 Å². The van der Waals surface area contributed by atoms with Crippen molar-refractivity contribution in [2.24, 2.45) is 0 Å². The minimum absolute atomic E-state index is 0.214. The number of aryl methyl sites for hydroxylation is 1. The van der Waals surface area contributed by atoms with Crippen LogP contribution in [-0.2, 0) is 0 Å². The van der Waals surface area contributed by atoms with Gasteiger partial charge in [-0.15, -0.1) is 0 Å². The number of rotatable bonds is 6. The van der Waals surface area contributed by atoms with Gasteiger partial charge < -0.3 is 5.32 Å². The van der Waals surface area contributed by atoms with Gasteiger partial charge in [-0.25, -0.2) is 4.39 Å². The van der Waals surface area contributed by atoms with E-state index < -0.39 is 10.7 Å². The molecule has 1 aliphatic carbocycles. The Morgan fingerprint density at radius 2 is 2.20 bits per heavy atom. The number of nitro groups is 1. The molecule has 110 valence electrons. The quantitative estimate of drug-likeness (QED) is 0.643. The van der Waals surface area contributed by atoms with Gasteiger partial charge in [-0.3, -0.25) is 15.0 Å². The molecule has 0 aliphatic heterocycles. The van der Waals surface area contributed by atoms with Crippen molar-refractivity contribution in [2.45, 2.75) is 38.8 Å². The van der Waals surface area contributed by atoms with Crippen LogP contribution in [0.5, 0.6) is 0 Å². The molecule has 2 rings (SSSR count). The first-order valence-corrected chi connectivity index (χ1v) is 6.80. The summed E-state index contributed by atoms with van der Waals surface area (Å²) < 4.78 is 13.4. The number of nitro benzene ring substituents is 1. The molecule has 0 amide bonds. The number of likely N-dealkylation sites (N-methyl/N-ethyl adjacent to an activating group) is 1. The number of anilines is 1. The van der Waals surface area contributed by atoms with Gasteiger partial charge in [0.1, 0.15) is 11.5 Å². The lowest BCUT2D eigenvalue weighted by Gasteiger charge is -2.25. The Balaban J connectivity index is 2.07. The number of halogens is 1. The van der Waals surface area contributed by atoms with Gasteiger partial charge in [-0.05, 0) is 45.4 Å². The van der Waals surface area contributed by atoms with Crippen molar-refractivity contribution < 1.29 is 9.31 Å². The minimum atomic E-state index is -0.555. The Labute approximate surface area is 117 Å². The van der Waals surface area contributed by atoms with Crippen LogP contribution >= 0.6 is 0 Å². The van der Waals surface area contributed by atoms with Gasteiger partial charge in [-0.1, -0.05) is 0 Å². The van der Waals surface area contributed by atoms with E-state index in [-0.39, 0.29) is 11.7 Å². The van der Waals surface area contributed by atoms with E-state index in [1.807, 2.05) is 0 Å². The Morgan fingerprint density at radius 1 is 1.55 bits per heavy atom. The number of hydrogen-bond donors (Lipinski definition) is 1. The first-order chi connectivity index (χ1) is 9.40. The summed E-state index contributed by atoms with van der Waals surface area (Å²) in [5, 5.41) is 14.0. The molecule has 20 heavy (non-hydrogen) atoms. The van der Waals surface area contributed by atoms with Crippen molar-refractivity contribution in [1.29, 1.82) is 0 Å². The molecule has 6 heteroatoms. The zero-order valence-electron chi connectivity index (χ0n) is 12.0. The molecular weight excluding hydrogens is 261 g/mol. The Kier molecular flexibility index (Phi) is 4.23. The van der Waals surface area contributed by atoms with Crippen LogP contribution in [0, 0.1) is 22.9 Å². The van der Waals surface area contributed by atoms with Crippen molar-refractivity contribution in [3.63, 3.8) is 0 Å².